The summed E-state index contributed by atoms with van der Waals surface area (Å²) in [6, 6.07) is 3.29. The van der Waals surface area contributed by atoms with E-state index in [-0.39, 0.29) is 35.9 Å². The highest BCUT2D eigenvalue weighted by atomic mass is 35.5. The average Bonchev–Trinajstić information content (AvgIpc) is 3.35. The smallest absolute Gasteiger partial charge is 0.290 e. The van der Waals surface area contributed by atoms with Gasteiger partial charge in [0, 0.05) is 44.2 Å². The van der Waals surface area contributed by atoms with E-state index in [4.69, 9.17) is 26.2 Å². The molecular weight excluding hydrogens is 412 g/mol. The van der Waals surface area contributed by atoms with Gasteiger partial charge in [0.1, 0.15) is 5.69 Å². The van der Waals surface area contributed by atoms with E-state index >= 15 is 0 Å². The van der Waals surface area contributed by atoms with E-state index in [1.807, 2.05) is 6.92 Å². The van der Waals surface area contributed by atoms with Gasteiger partial charge >= 0.3 is 0 Å². The molecule has 2 amide bonds. The number of hydrogen-bond acceptors (Lipinski definition) is 6. The molecule has 1 spiro atoms. The summed E-state index contributed by atoms with van der Waals surface area (Å²) in [4.78, 5) is 38.9. The van der Waals surface area contributed by atoms with Gasteiger partial charge in [-0.15, -0.1) is 0 Å². The molecule has 0 unspecified atom stereocenters. The highest BCUT2D eigenvalue weighted by Gasteiger charge is 2.62. The molecule has 3 aliphatic heterocycles. The second-order valence-corrected chi connectivity index (χ2v) is 8.27. The zero-order valence-electron chi connectivity index (χ0n) is 16.8. The van der Waals surface area contributed by atoms with E-state index in [1.54, 1.807) is 12.1 Å². The van der Waals surface area contributed by atoms with Gasteiger partial charge in [-0.3, -0.25) is 19.3 Å². The predicted octanol–water partition coefficient (Wildman–Crippen LogP) is 0.781. The number of halogens is 1. The Balaban J connectivity index is 0.000000806. The Hall–Kier alpha value is -2.23. The van der Waals surface area contributed by atoms with Gasteiger partial charge in [0.05, 0.1) is 23.3 Å². The van der Waals surface area contributed by atoms with Crippen LogP contribution in [0, 0.1) is 11.8 Å². The van der Waals surface area contributed by atoms with E-state index in [2.05, 4.69) is 20.5 Å². The normalized spacial score (nSPS) is 28.9. The number of aromatic nitrogens is 1. The van der Waals surface area contributed by atoms with Crippen molar-refractivity contribution >= 4 is 29.9 Å². The fourth-order valence-electron chi connectivity index (χ4n) is 4.95. The van der Waals surface area contributed by atoms with Crippen molar-refractivity contribution in [3.8, 4) is 0 Å². The Kier molecular flexibility index (Phi) is 7.27. The molecular formula is C20H27ClN4O5. The highest BCUT2D eigenvalue weighted by Crippen LogP contribution is 2.54. The molecule has 2 bridgehead atoms. The maximum absolute atomic E-state index is 12.4. The minimum Gasteiger partial charge on any atom is -0.483 e. The molecule has 3 aliphatic rings. The molecule has 0 aliphatic carbocycles. The molecule has 3 N–H and O–H groups in total. The SMILES string of the molecule is CCNC(=O)CN1C[C@@H]2[C@H](CNC(=O)c3ccc(Cl)cn3)[C@H]3CC[C@]2(C1)O3.O=CO. The number of carbonyl (C=O) groups is 3. The molecule has 3 saturated heterocycles. The van der Waals surface area contributed by atoms with E-state index in [9.17, 15) is 9.59 Å². The fourth-order valence-corrected chi connectivity index (χ4v) is 5.06. The number of hydrogen-bond donors (Lipinski definition) is 3. The molecule has 1 aromatic rings. The number of nitrogens with zero attached hydrogens (tertiary/aromatic N) is 2. The van der Waals surface area contributed by atoms with Gasteiger partial charge < -0.3 is 20.5 Å². The molecule has 0 radical (unpaired) electrons. The first-order valence-electron chi connectivity index (χ1n) is 10.1. The maximum Gasteiger partial charge on any atom is 0.290 e. The number of carbonyl (C=O) groups excluding carboxylic acids is 2. The molecule has 1 aromatic heterocycles. The lowest BCUT2D eigenvalue weighted by Gasteiger charge is -2.29. The number of pyridine rings is 1. The Labute approximate surface area is 180 Å². The van der Waals surface area contributed by atoms with Crippen LogP contribution < -0.4 is 10.6 Å². The number of carboxylic acid groups (broad SMARTS) is 1. The van der Waals surface area contributed by atoms with Crippen molar-refractivity contribution in [1.29, 1.82) is 0 Å². The second kappa shape index (κ2) is 9.72. The van der Waals surface area contributed by atoms with Crippen LogP contribution in [0.25, 0.3) is 0 Å². The maximum atomic E-state index is 12.4. The van der Waals surface area contributed by atoms with Crippen LogP contribution in [-0.2, 0) is 14.3 Å². The first kappa shape index (κ1) is 22.5. The number of nitrogens with one attached hydrogen (secondary N) is 2. The van der Waals surface area contributed by atoms with Crippen molar-refractivity contribution < 1.29 is 24.2 Å². The minimum absolute atomic E-state index is 0.0575. The summed E-state index contributed by atoms with van der Waals surface area (Å²) in [5.74, 6) is 0.487. The van der Waals surface area contributed by atoms with Gasteiger partial charge in [0.25, 0.3) is 12.4 Å². The molecule has 10 heteroatoms. The van der Waals surface area contributed by atoms with Crippen molar-refractivity contribution in [2.45, 2.75) is 31.5 Å². The third-order valence-corrected chi connectivity index (χ3v) is 6.28. The standard InChI is InChI=1S/C19H25ClN4O3.CH2O2/c1-2-21-17(25)10-24-9-14-13(16-5-6-19(14,11-24)27-16)8-23-18(26)15-4-3-12(20)7-22-15;2-1-3/h3-4,7,13-14,16H,2,5-6,8-11H2,1H3,(H,21,25)(H,23,26);1H,(H,2,3)/t13-,14+,16+,19+;/m0./s1. The van der Waals surface area contributed by atoms with Gasteiger partial charge in [-0.05, 0) is 31.9 Å². The van der Waals surface area contributed by atoms with Crippen LogP contribution in [0.4, 0.5) is 0 Å². The van der Waals surface area contributed by atoms with Gasteiger partial charge in [-0.25, -0.2) is 4.98 Å². The summed E-state index contributed by atoms with van der Waals surface area (Å²) in [5, 5.41) is 13.3. The summed E-state index contributed by atoms with van der Waals surface area (Å²) in [6.45, 7) is 4.94. The van der Waals surface area contributed by atoms with E-state index in [0.29, 0.717) is 36.3 Å². The molecule has 30 heavy (non-hydrogen) atoms. The largest absolute Gasteiger partial charge is 0.483 e. The Morgan fingerprint density at radius 3 is 2.87 bits per heavy atom. The average molecular weight is 439 g/mol. The van der Waals surface area contributed by atoms with E-state index in [1.165, 1.54) is 6.20 Å². The van der Waals surface area contributed by atoms with Crippen molar-refractivity contribution in [1.82, 2.24) is 20.5 Å². The second-order valence-electron chi connectivity index (χ2n) is 7.83. The topological polar surface area (TPSA) is 121 Å². The lowest BCUT2D eigenvalue weighted by atomic mass is 9.73. The van der Waals surface area contributed by atoms with Crippen molar-refractivity contribution in [3.63, 3.8) is 0 Å². The minimum atomic E-state index is -0.250. The van der Waals surface area contributed by atoms with E-state index in [0.717, 1.165) is 25.9 Å². The van der Waals surface area contributed by atoms with Crippen molar-refractivity contribution in [2.24, 2.45) is 11.8 Å². The van der Waals surface area contributed by atoms with Crippen LogP contribution in [0.3, 0.4) is 0 Å². The number of fused-ring (bicyclic) bond motifs is 1. The summed E-state index contributed by atoms with van der Waals surface area (Å²) < 4.78 is 6.36. The summed E-state index contributed by atoms with van der Waals surface area (Å²) in [6.07, 6.45) is 3.73. The highest BCUT2D eigenvalue weighted by molar-refractivity contribution is 6.30. The van der Waals surface area contributed by atoms with Gasteiger partial charge in [-0.1, -0.05) is 11.6 Å². The van der Waals surface area contributed by atoms with Crippen LogP contribution in [0.15, 0.2) is 18.3 Å². The van der Waals surface area contributed by atoms with Crippen molar-refractivity contribution in [2.75, 3.05) is 32.7 Å². The Morgan fingerprint density at radius 1 is 1.43 bits per heavy atom. The molecule has 4 atom stereocenters. The molecule has 4 rings (SSSR count). The van der Waals surface area contributed by atoms with Gasteiger partial charge in [0.15, 0.2) is 0 Å². The quantitative estimate of drug-likeness (QED) is 0.561. The monoisotopic (exact) mass is 438 g/mol. The predicted molar refractivity (Wildman–Crippen MR) is 109 cm³/mol. The Bertz CT molecular complexity index is 777. The third-order valence-electron chi connectivity index (χ3n) is 6.05. The number of rotatable bonds is 6. The third kappa shape index (κ3) is 4.74. The first-order valence-corrected chi connectivity index (χ1v) is 10.4. The number of likely N-dealkylation sites (tertiary alicyclic amines) is 1. The first-order chi connectivity index (χ1) is 14.4. The molecule has 9 nitrogen and oxygen atoms in total. The number of likely N-dealkylation sites (N-methyl/N-ethyl adjacent to an activating group) is 1. The Morgan fingerprint density at radius 2 is 2.20 bits per heavy atom. The molecule has 3 fully saturated rings. The van der Waals surface area contributed by atoms with Crippen LogP contribution in [0.5, 0.6) is 0 Å². The number of ether oxygens (including phenoxy) is 1. The lowest BCUT2D eigenvalue weighted by Crippen LogP contribution is -2.42. The van der Waals surface area contributed by atoms with Crippen LogP contribution in [0.1, 0.15) is 30.3 Å². The number of amides is 2. The van der Waals surface area contributed by atoms with Crippen LogP contribution in [0.2, 0.25) is 5.02 Å². The van der Waals surface area contributed by atoms with Gasteiger partial charge in [0.2, 0.25) is 5.91 Å². The summed E-state index contributed by atoms with van der Waals surface area (Å²) in [7, 11) is 0. The molecule has 0 saturated carbocycles. The fraction of sp³-hybridized carbons (Fsp3) is 0.600. The van der Waals surface area contributed by atoms with E-state index < -0.39 is 0 Å². The van der Waals surface area contributed by atoms with Gasteiger partial charge in [-0.2, -0.15) is 0 Å². The van der Waals surface area contributed by atoms with Crippen LogP contribution in [-0.4, -0.2) is 77.7 Å². The molecule has 4 heterocycles. The van der Waals surface area contributed by atoms with Crippen molar-refractivity contribution in [3.05, 3.63) is 29.0 Å². The zero-order chi connectivity index (χ0) is 21.7. The zero-order valence-corrected chi connectivity index (χ0v) is 17.6. The lowest BCUT2D eigenvalue weighted by molar-refractivity contribution is -0.123. The molecule has 0 aromatic carbocycles. The summed E-state index contributed by atoms with van der Waals surface area (Å²) >= 11 is 5.83. The molecule has 164 valence electrons. The summed E-state index contributed by atoms with van der Waals surface area (Å²) in [5.41, 5.74) is 0.216. The van der Waals surface area contributed by atoms with Crippen LogP contribution >= 0.6 is 11.6 Å².